The van der Waals surface area contributed by atoms with Crippen molar-refractivity contribution in [3.8, 4) is 0 Å². The fraction of sp³-hybridized carbons (Fsp3) is 0.571. The lowest BCUT2D eigenvalue weighted by atomic mass is 9.96. The molecule has 0 aliphatic rings. The summed E-state index contributed by atoms with van der Waals surface area (Å²) in [7, 11) is 0. The van der Waals surface area contributed by atoms with E-state index >= 15 is 0 Å². The van der Waals surface area contributed by atoms with Crippen LogP contribution >= 0.6 is 0 Å². The van der Waals surface area contributed by atoms with Gasteiger partial charge in [-0.3, -0.25) is 4.79 Å². The predicted molar refractivity (Wildman–Crippen MR) is 173 cm³/mol. The Morgan fingerprint density at radius 3 is 2.04 bits per heavy atom. The van der Waals surface area contributed by atoms with Crippen LogP contribution in [-0.2, 0) is 27.1 Å². The molecule has 0 saturated heterocycles. The maximum Gasteiger partial charge on any atom is 0.407 e. The molecule has 0 fully saturated rings. The van der Waals surface area contributed by atoms with Crippen LogP contribution in [0.15, 0.2) is 48.5 Å². The lowest BCUT2D eigenvalue weighted by Crippen LogP contribution is -2.49. The summed E-state index contributed by atoms with van der Waals surface area (Å²) in [5.74, 6) is -1.46. The third-order valence-electron chi connectivity index (χ3n) is 6.84. The molecule has 2 rings (SSSR count). The van der Waals surface area contributed by atoms with Gasteiger partial charge >= 0.3 is 12.2 Å². The molecule has 4 N–H and O–H groups in total. The van der Waals surface area contributed by atoms with Gasteiger partial charge in [-0.15, -0.1) is 0 Å². The number of halogens is 2. The topological polar surface area (TPSA) is 126 Å². The number of carbonyl (C=O) groups is 3. The van der Waals surface area contributed by atoms with E-state index < -0.39 is 53.2 Å². The number of nitrogens with one attached hydrogen (secondary N) is 3. The first kappa shape index (κ1) is 38.6. The molecule has 2 aromatic rings. The molecule has 3 unspecified atom stereocenters. The van der Waals surface area contributed by atoms with Gasteiger partial charge in [-0.1, -0.05) is 36.8 Å². The molecule has 3 atom stereocenters. The van der Waals surface area contributed by atoms with E-state index in [-0.39, 0.29) is 30.6 Å². The van der Waals surface area contributed by atoms with Crippen molar-refractivity contribution in [3.05, 3.63) is 71.3 Å². The standard InChI is InChI=1S/C35H51F2N3O6/c1-34(2,3)45-32(43)39-27(23-25-22-26(36)17-18-28(25)37)15-10-11-19-38-20-12-16-30(41)31(42)29(21-24-13-8-7-9-14-24)40-33(44)46-35(4,5)6/h7-9,13-14,17-18,22,27,29,31,38,42H,10-12,15-16,19-21,23H2,1-6H3,(H,39,43)(H,40,44). The summed E-state index contributed by atoms with van der Waals surface area (Å²) in [6, 6.07) is 11.2. The van der Waals surface area contributed by atoms with Crippen molar-refractivity contribution < 1.29 is 37.7 Å². The molecule has 0 spiro atoms. The lowest BCUT2D eigenvalue weighted by Gasteiger charge is -2.26. The number of Topliss-reactive ketones (excluding diaryl/α,β-unsaturated/α-hetero) is 1. The molecule has 0 aromatic heterocycles. The zero-order valence-electron chi connectivity index (χ0n) is 28.0. The molecule has 2 aromatic carbocycles. The molecule has 0 radical (unpaired) electrons. The third-order valence-corrected chi connectivity index (χ3v) is 6.84. The monoisotopic (exact) mass is 647 g/mol. The first-order valence-electron chi connectivity index (χ1n) is 15.9. The van der Waals surface area contributed by atoms with Crippen molar-refractivity contribution in [1.82, 2.24) is 16.0 Å². The number of benzene rings is 2. The minimum Gasteiger partial charge on any atom is -0.444 e. The van der Waals surface area contributed by atoms with E-state index in [2.05, 4.69) is 16.0 Å². The molecule has 0 aliphatic carbocycles. The number of aliphatic hydroxyl groups excluding tert-OH is 1. The number of ether oxygens (including phenoxy) is 2. The largest absolute Gasteiger partial charge is 0.444 e. The van der Waals surface area contributed by atoms with Gasteiger partial charge < -0.3 is 30.5 Å². The Labute approximate surface area is 271 Å². The van der Waals surface area contributed by atoms with Gasteiger partial charge in [-0.25, -0.2) is 18.4 Å². The Morgan fingerprint density at radius 1 is 0.804 bits per heavy atom. The highest BCUT2D eigenvalue weighted by molar-refractivity contribution is 5.84. The van der Waals surface area contributed by atoms with E-state index in [0.29, 0.717) is 32.4 Å². The van der Waals surface area contributed by atoms with Gasteiger partial charge in [-0.05, 0) is 116 Å². The lowest BCUT2D eigenvalue weighted by molar-refractivity contribution is -0.128. The number of amides is 2. The maximum absolute atomic E-state index is 14.3. The van der Waals surface area contributed by atoms with Crippen LogP contribution < -0.4 is 16.0 Å². The van der Waals surface area contributed by atoms with Crippen molar-refractivity contribution in [2.75, 3.05) is 13.1 Å². The average Bonchev–Trinajstić information content (AvgIpc) is 2.94. The number of carbonyl (C=O) groups excluding carboxylic acids is 3. The maximum atomic E-state index is 14.3. The van der Waals surface area contributed by atoms with Gasteiger partial charge in [0.2, 0.25) is 0 Å². The van der Waals surface area contributed by atoms with Gasteiger partial charge in [0.15, 0.2) is 5.78 Å². The average molecular weight is 648 g/mol. The summed E-state index contributed by atoms with van der Waals surface area (Å²) in [4.78, 5) is 37.7. The summed E-state index contributed by atoms with van der Waals surface area (Å²) in [5.41, 5.74) is -0.381. The molecular formula is C35H51F2N3O6. The Bertz CT molecular complexity index is 1250. The van der Waals surface area contributed by atoms with Gasteiger partial charge in [0.25, 0.3) is 0 Å². The summed E-state index contributed by atoms with van der Waals surface area (Å²) in [6.07, 6.45) is 0.236. The van der Waals surface area contributed by atoms with E-state index in [9.17, 15) is 28.3 Å². The second-order valence-electron chi connectivity index (χ2n) is 13.5. The molecule has 0 aliphatic heterocycles. The van der Waals surface area contributed by atoms with Crippen molar-refractivity contribution in [3.63, 3.8) is 0 Å². The van der Waals surface area contributed by atoms with Gasteiger partial charge in [0.05, 0.1) is 6.04 Å². The van der Waals surface area contributed by atoms with Crippen LogP contribution in [0.3, 0.4) is 0 Å². The molecule has 11 heteroatoms. The number of alkyl carbamates (subject to hydrolysis) is 2. The van der Waals surface area contributed by atoms with Crippen LogP contribution in [0.2, 0.25) is 0 Å². The molecule has 0 heterocycles. The van der Waals surface area contributed by atoms with E-state index in [0.717, 1.165) is 30.2 Å². The van der Waals surface area contributed by atoms with Crippen LogP contribution in [0.25, 0.3) is 0 Å². The Kier molecular flexibility index (Phi) is 15.6. The quantitative estimate of drug-likeness (QED) is 0.155. The molecule has 2 amide bonds. The minimum atomic E-state index is -1.40. The first-order valence-corrected chi connectivity index (χ1v) is 15.9. The molecule has 9 nitrogen and oxygen atoms in total. The summed E-state index contributed by atoms with van der Waals surface area (Å²) < 4.78 is 38.7. The Morgan fingerprint density at radius 2 is 1.41 bits per heavy atom. The van der Waals surface area contributed by atoms with E-state index in [1.165, 1.54) is 0 Å². The van der Waals surface area contributed by atoms with Crippen molar-refractivity contribution in [2.45, 2.75) is 116 Å². The van der Waals surface area contributed by atoms with Crippen LogP contribution in [0, 0.1) is 11.6 Å². The highest BCUT2D eigenvalue weighted by atomic mass is 19.1. The van der Waals surface area contributed by atoms with Crippen LogP contribution in [-0.4, -0.2) is 65.6 Å². The van der Waals surface area contributed by atoms with Crippen LogP contribution in [0.4, 0.5) is 18.4 Å². The van der Waals surface area contributed by atoms with Crippen LogP contribution in [0.1, 0.15) is 84.8 Å². The van der Waals surface area contributed by atoms with Crippen LogP contribution in [0.5, 0.6) is 0 Å². The second kappa shape index (κ2) is 18.5. The van der Waals surface area contributed by atoms with Gasteiger partial charge in [0, 0.05) is 12.5 Å². The van der Waals surface area contributed by atoms with Gasteiger partial charge in [-0.2, -0.15) is 0 Å². The SMILES string of the molecule is CC(C)(C)OC(=O)NC(CCCCNCCCC(=O)C(O)C(Cc1ccccc1)NC(=O)OC(C)(C)C)Cc1cc(F)ccc1F. The Balaban J connectivity index is 1.81. The third kappa shape index (κ3) is 16.1. The van der Waals surface area contributed by atoms with E-state index in [1.807, 2.05) is 30.3 Å². The van der Waals surface area contributed by atoms with E-state index in [4.69, 9.17) is 9.47 Å². The molecule has 0 saturated carbocycles. The van der Waals surface area contributed by atoms with E-state index in [1.54, 1.807) is 41.5 Å². The summed E-state index contributed by atoms with van der Waals surface area (Å²) in [5, 5.41) is 19.6. The molecule has 256 valence electrons. The minimum absolute atomic E-state index is 0.120. The fourth-order valence-corrected chi connectivity index (χ4v) is 4.76. The molecule has 0 bridgehead atoms. The molecular weight excluding hydrogens is 596 g/mol. The summed E-state index contributed by atoms with van der Waals surface area (Å²) in [6.45, 7) is 11.6. The highest BCUT2D eigenvalue weighted by Crippen LogP contribution is 2.16. The van der Waals surface area contributed by atoms with Gasteiger partial charge in [0.1, 0.15) is 28.9 Å². The number of unbranched alkanes of at least 4 members (excludes halogenated alkanes) is 1. The fourth-order valence-electron chi connectivity index (χ4n) is 4.76. The first-order chi connectivity index (χ1) is 21.5. The zero-order valence-corrected chi connectivity index (χ0v) is 28.0. The normalized spacial score (nSPS) is 13.8. The molecule has 46 heavy (non-hydrogen) atoms. The Hall–Kier alpha value is -3.57. The number of hydrogen-bond donors (Lipinski definition) is 4. The number of hydrogen-bond acceptors (Lipinski definition) is 7. The number of aliphatic hydroxyl groups is 1. The van der Waals surface area contributed by atoms with Crippen molar-refractivity contribution >= 4 is 18.0 Å². The summed E-state index contributed by atoms with van der Waals surface area (Å²) >= 11 is 0. The van der Waals surface area contributed by atoms with Crippen molar-refractivity contribution in [2.24, 2.45) is 0 Å². The highest BCUT2D eigenvalue weighted by Gasteiger charge is 2.29. The zero-order chi connectivity index (χ0) is 34.3. The predicted octanol–water partition coefficient (Wildman–Crippen LogP) is 6.01. The number of rotatable bonds is 17. The number of ketones is 1. The van der Waals surface area contributed by atoms with Crippen molar-refractivity contribution in [1.29, 1.82) is 0 Å². The second-order valence-corrected chi connectivity index (χ2v) is 13.5. The smallest absolute Gasteiger partial charge is 0.407 e.